The molecule has 0 saturated heterocycles. The van der Waals surface area contributed by atoms with E-state index in [1.807, 2.05) is 0 Å². The van der Waals surface area contributed by atoms with E-state index in [2.05, 4.69) is 12.2 Å². The lowest BCUT2D eigenvalue weighted by molar-refractivity contribution is -0.123. The highest BCUT2D eigenvalue weighted by molar-refractivity contribution is 6.03. The largest absolute Gasteiger partial charge is 0.368 e. The molecule has 1 aliphatic rings. The van der Waals surface area contributed by atoms with Gasteiger partial charge in [0.1, 0.15) is 6.61 Å². The molecule has 0 heterocycles. The van der Waals surface area contributed by atoms with E-state index >= 15 is 0 Å². The Labute approximate surface area is 124 Å². The zero-order valence-corrected chi connectivity index (χ0v) is 12.3. The molecule has 5 heteroatoms. The van der Waals surface area contributed by atoms with E-state index in [1.165, 1.54) is 6.42 Å². The number of nitrogens with two attached hydrogens (primary N) is 1. The second-order valence-corrected chi connectivity index (χ2v) is 5.66. The number of amides is 2. The molecule has 2 unspecified atom stereocenters. The fourth-order valence-corrected chi connectivity index (χ4v) is 2.72. The van der Waals surface area contributed by atoms with Gasteiger partial charge in [0.25, 0.3) is 5.91 Å². The number of carbonyl (C=O) groups is 2. The van der Waals surface area contributed by atoms with E-state index in [0.717, 1.165) is 19.3 Å². The number of anilines is 1. The predicted octanol–water partition coefficient (Wildman–Crippen LogP) is 2.32. The molecule has 1 aromatic carbocycles. The van der Waals surface area contributed by atoms with Gasteiger partial charge < -0.3 is 15.8 Å². The summed E-state index contributed by atoms with van der Waals surface area (Å²) in [5.74, 6) is -0.169. The van der Waals surface area contributed by atoms with Gasteiger partial charge in [-0.3, -0.25) is 9.59 Å². The lowest BCUT2D eigenvalue weighted by Gasteiger charge is -2.26. The molecule has 5 nitrogen and oxygen atoms in total. The number of hydrogen-bond donors (Lipinski definition) is 2. The van der Waals surface area contributed by atoms with E-state index in [9.17, 15) is 9.59 Å². The number of primary amides is 1. The van der Waals surface area contributed by atoms with Gasteiger partial charge in [-0.1, -0.05) is 31.9 Å². The maximum atomic E-state index is 11.9. The summed E-state index contributed by atoms with van der Waals surface area (Å²) in [4.78, 5) is 23.2. The number of nitrogens with one attached hydrogen (secondary N) is 1. The van der Waals surface area contributed by atoms with Gasteiger partial charge in [-0.25, -0.2) is 0 Å². The fourth-order valence-electron chi connectivity index (χ4n) is 2.72. The third kappa shape index (κ3) is 4.56. The molecule has 0 radical (unpaired) electrons. The van der Waals surface area contributed by atoms with Crippen LogP contribution in [0.25, 0.3) is 0 Å². The van der Waals surface area contributed by atoms with Gasteiger partial charge in [-0.2, -0.15) is 0 Å². The summed E-state index contributed by atoms with van der Waals surface area (Å²) in [5, 5.41) is 2.68. The van der Waals surface area contributed by atoms with Crippen LogP contribution in [0.5, 0.6) is 0 Å². The standard InChI is InChI=1S/C16H22N2O3/c1-11-5-4-6-12(9-11)21-10-15(19)18-14-8-3-2-7-13(14)16(17)20/h2-3,7-8,11-12H,4-6,9-10H2,1H3,(H2,17,20)(H,18,19). The second-order valence-electron chi connectivity index (χ2n) is 5.66. The van der Waals surface area contributed by atoms with Crippen LogP contribution in [0.2, 0.25) is 0 Å². The van der Waals surface area contributed by atoms with Gasteiger partial charge in [0.2, 0.25) is 5.91 Å². The van der Waals surface area contributed by atoms with E-state index in [1.54, 1.807) is 24.3 Å². The molecule has 1 aromatic rings. The molecule has 114 valence electrons. The average Bonchev–Trinajstić information content (AvgIpc) is 2.45. The Morgan fingerprint density at radius 3 is 2.81 bits per heavy atom. The SMILES string of the molecule is CC1CCCC(OCC(=O)Nc2ccccc2C(N)=O)C1. The minimum Gasteiger partial charge on any atom is -0.368 e. The average molecular weight is 290 g/mol. The van der Waals surface area contributed by atoms with Crippen LogP contribution in [0.4, 0.5) is 5.69 Å². The van der Waals surface area contributed by atoms with Gasteiger partial charge in [0.05, 0.1) is 17.4 Å². The second kappa shape index (κ2) is 7.22. The van der Waals surface area contributed by atoms with Crippen molar-refractivity contribution in [1.29, 1.82) is 0 Å². The zero-order valence-electron chi connectivity index (χ0n) is 12.3. The Balaban J connectivity index is 1.86. The van der Waals surface area contributed by atoms with Gasteiger partial charge in [-0.05, 0) is 30.9 Å². The van der Waals surface area contributed by atoms with Crippen molar-refractivity contribution in [3.63, 3.8) is 0 Å². The lowest BCUT2D eigenvalue weighted by Crippen LogP contribution is -2.27. The summed E-state index contributed by atoms with van der Waals surface area (Å²) in [7, 11) is 0. The minimum absolute atomic E-state index is 0.00445. The molecule has 0 spiro atoms. The quantitative estimate of drug-likeness (QED) is 0.873. The molecule has 1 fully saturated rings. The van der Waals surface area contributed by atoms with Crippen molar-refractivity contribution in [1.82, 2.24) is 0 Å². The molecule has 3 N–H and O–H groups in total. The van der Waals surface area contributed by atoms with Gasteiger partial charge in [0, 0.05) is 0 Å². The van der Waals surface area contributed by atoms with Crippen LogP contribution < -0.4 is 11.1 Å². The van der Waals surface area contributed by atoms with Crippen molar-refractivity contribution in [3.05, 3.63) is 29.8 Å². The van der Waals surface area contributed by atoms with Crippen LogP contribution in [0.3, 0.4) is 0 Å². The monoisotopic (exact) mass is 290 g/mol. The Kier molecular flexibility index (Phi) is 5.33. The molecule has 2 amide bonds. The summed E-state index contributed by atoms with van der Waals surface area (Å²) < 4.78 is 5.66. The van der Waals surface area contributed by atoms with E-state index in [-0.39, 0.29) is 18.6 Å². The Hall–Kier alpha value is -1.88. The van der Waals surface area contributed by atoms with Crippen molar-refractivity contribution in [2.75, 3.05) is 11.9 Å². The Morgan fingerprint density at radius 2 is 2.10 bits per heavy atom. The van der Waals surface area contributed by atoms with Gasteiger partial charge >= 0.3 is 0 Å². The van der Waals surface area contributed by atoms with Crippen LogP contribution in [0.15, 0.2) is 24.3 Å². The Morgan fingerprint density at radius 1 is 1.33 bits per heavy atom. The third-order valence-electron chi connectivity index (χ3n) is 3.81. The zero-order chi connectivity index (χ0) is 15.2. The molecule has 0 aliphatic heterocycles. The molecule has 1 saturated carbocycles. The highest BCUT2D eigenvalue weighted by atomic mass is 16.5. The normalized spacial score (nSPS) is 21.8. The van der Waals surface area contributed by atoms with Gasteiger partial charge in [-0.15, -0.1) is 0 Å². The minimum atomic E-state index is -0.562. The number of benzene rings is 1. The fraction of sp³-hybridized carbons (Fsp3) is 0.500. The number of rotatable bonds is 5. The van der Waals surface area contributed by atoms with Crippen molar-refractivity contribution in [3.8, 4) is 0 Å². The Bertz CT molecular complexity index is 516. The summed E-state index contributed by atoms with van der Waals surface area (Å²) in [6.07, 6.45) is 4.56. The van der Waals surface area contributed by atoms with Gasteiger partial charge in [0.15, 0.2) is 0 Å². The first kappa shape index (κ1) is 15.5. The molecule has 2 atom stereocenters. The molecular weight excluding hydrogens is 268 g/mol. The van der Waals surface area contributed by atoms with Crippen LogP contribution in [-0.2, 0) is 9.53 Å². The lowest BCUT2D eigenvalue weighted by atomic mass is 9.89. The molecule has 0 aromatic heterocycles. The maximum absolute atomic E-state index is 11.9. The van der Waals surface area contributed by atoms with Crippen molar-refractivity contribution >= 4 is 17.5 Å². The maximum Gasteiger partial charge on any atom is 0.250 e. The summed E-state index contributed by atoms with van der Waals surface area (Å²) in [6, 6.07) is 6.68. The van der Waals surface area contributed by atoms with Crippen LogP contribution in [-0.4, -0.2) is 24.5 Å². The smallest absolute Gasteiger partial charge is 0.250 e. The molecule has 0 bridgehead atoms. The highest BCUT2D eigenvalue weighted by Gasteiger charge is 2.20. The molecule has 21 heavy (non-hydrogen) atoms. The van der Waals surface area contributed by atoms with Crippen LogP contribution >= 0.6 is 0 Å². The number of hydrogen-bond acceptors (Lipinski definition) is 3. The number of ether oxygens (including phenoxy) is 1. The van der Waals surface area contributed by atoms with Crippen molar-refractivity contribution < 1.29 is 14.3 Å². The topological polar surface area (TPSA) is 81.4 Å². The van der Waals surface area contributed by atoms with E-state index in [4.69, 9.17) is 10.5 Å². The number of carbonyl (C=O) groups excluding carboxylic acids is 2. The predicted molar refractivity (Wildman–Crippen MR) is 81.0 cm³/mol. The van der Waals surface area contributed by atoms with Crippen molar-refractivity contribution in [2.24, 2.45) is 11.7 Å². The van der Waals surface area contributed by atoms with E-state index < -0.39 is 5.91 Å². The number of para-hydroxylation sites is 1. The van der Waals surface area contributed by atoms with E-state index in [0.29, 0.717) is 17.2 Å². The first-order valence-corrected chi connectivity index (χ1v) is 7.36. The summed E-state index contributed by atoms with van der Waals surface area (Å²) in [6.45, 7) is 2.21. The molecule has 2 rings (SSSR count). The highest BCUT2D eigenvalue weighted by Crippen LogP contribution is 2.25. The van der Waals surface area contributed by atoms with Crippen LogP contribution in [0.1, 0.15) is 43.0 Å². The van der Waals surface area contributed by atoms with Crippen LogP contribution in [0, 0.1) is 5.92 Å². The summed E-state index contributed by atoms with van der Waals surface area (Å²) in [5.41, 5.74) is 6.00. The third-order valence-corrected chi connectivity index (χ3v) is 3.81. The molecule has 1 aliphatic carbocycles. The summed E-state index contributed by atoms with van der Waals surface area (Å²) >= 11 is 0. The first-order chi connectivity index (χ1) is 10.1. The molecular formula is C16H22N2O3. The van der Waals surface area contributed by atoms with Crippen molar-refractivity contribution in [2.45, 2.75) is 38.7 Å². The first-order valence-electron chi connectivity index (χ1n) is 7.36.